The Morgan fingerprint density at radius 3 is 2.72 bits per heavy atom. The number of aromatic nitrogens is 3. The summed E-state index contributed by atoms with van der Waals surface area (Å²) < 4.78 is 41.3. The van der Waals surface area contributed by atoms with Crippen LogP contribution in [0.2, 0.25) is 0 Å². The van der Waals surface area contributed by atoms with Gasteiger partial charge in [-0.3, -0.25) is 4.90 Å². The van der Waals surface area contributed by atoms with Gasteiger partial charge in [-0.1, -0.05) is 19.1 Å². The molecule has 0 radical (unpaired) electrons. The molecule has 0 bridgehead atoms. The summed E-state index contributed by atoms with van der Waals surface area (Å²) in [7, 11) is -1.20. The number of nitrogens with zero attached hydrogens (tertiary/aromatic N) is 4. The summed E-state index contributed by atoms with van der Waals surface area (Å²) in [5, 5.41) is 4.48. The first-order chi connectivity index (χ1) is 11.8. The highest BCUT2D eigenvalue weighted by Crippen LogP contribution is 2.22. The summed E-state index contributed by atoms with van der Waals surface area (Å²) in [4.78, 5) is 2.05. The van der Waals surface area contributed by atoms with Gasteiger partial charge in [0.2, 0.25) is 0 Å². The summed E-state index contributed by atoms with van der Waals surface area (Å²) in [5.74, 6) is 0.494. The molecular weight excluding hydrogens is 363 g/mol. The molecule has 3 rings (SSSR count). The van der Waals surface area contributed by atoms with Crippen LogP contribution in [0.15, 0.2) is 24.3 Å². The highest BCUT2D eigenvalue weighted by molar-refractivity contribution is 7.91. The average Bonchev–Trinajstić information content (AvgIpc) is 3.07. The van der Waals surface area contributed by atoms with E-state index in [1.165, 1.54) is 6.07 Å². The first-order valence-electron chi connectivity index (χ1n) is 8.15. The maximum Gasteiger partial charge on any atom is 0.199 e. The van der Waals surface area contributed by atoms with Crippen LogP contribution in [0.3, 0.4) is 0 Å². The first kappa shape index (κ1) is 18.2. The lowest BCUT2D eigenvalue weighted by molar-refractivity contribution is 0.164. The van der Waals surface area contributed by atoms with Crippen LogP contribution in [0.4, 0.5) is 4.39 Å². The van der Waals surface area contributed by atoms with Crippen molar-refractivity contribution in [3.8, 4) is 11.4 Å². The van der Waals surface area contributed by atoms with Crippen LogP contribution in [-0.2, 0) is 23.6 Å². The number of sulfone groups is 1. The van der Waals surface area contributed by atoms with Crippen molar-refractivity contribution < 1.29 is 12.8 Å². The van der Waals surface area contributed by atoms with Gasteiger partial charge in [-0.15, -0.1) is 0 Å². The highest BCUT2D eigenvalue weighted by atomic mass is 32.2. The van der Waals surface area contributed by atoms with E-state index >= 15 is 0 Å². The summed E-state index contributed by atoms with van der Waals surface area (Å²) in [6.07, 6.45) is 0.622. The minimum atomic E-state index is -2.96. The SMILES string of the molecule is CCN(Cn1nc(-c2ccccc2F)n(C)c1=S)[C@H]1CCS(=O)(=O)C1. The smallest absolute Gasteiger partial charge is 0.199 e. The lowest BCUT2D eigenvalue weighted by atomic mass is 10.2. The molecule has 0 saturated carbocycles. The van der Waals surface area contributed by atoms with Crippen molar-refractivity contribution in [2.24, 2.45) is 7.05 Å². The Morgan fingerprint density at radius 1 is 1.40 bits per heavy atom. The van der Waals surface area contributed by atoms with Gasteiger partial charge in [-0.2, -0.15) is 5.10 Å². The molecule has 2 heterocycles. The Morgan fingerprint density at radius 2 is 2.12 bits per heavy atom. The van der Waals surface area contributed by atoms with Gasteiger partial charge in [0.1, 0.15) is 5.82 Å². The van der Waals surface area contributed by atoms with Crippen molar-refractivity contribution >= 4 is 22.1 Å². The van der Waals surface area contributed by atoms with Crippen molar-refractivity contribution in [2.45, 2.75) is 26.1 Å². The lowest BCUT2D eigenvalue weighted by Gasteiger charge is -2.25. The quantitative estimate of drug-likeness (QED) is 0.740. The molecule has 0 spiro atoms. The second-order valence-corrected chi connectivity index (χ2v) is 8.84. The zero-order valence-electron chi connectivity index (χ0n) is 14.2. The van der Waals surface area contributed by atoms with E-state index in [9.17, 15) is 12.8 Å². The minimum Gasteiger partial charge on any atom is -0.303 e. The van der Waals surface area contributed by atoms with E-state index in [0.29, 0.717) is 35.8 Å². The number of halogens is 1. The lowest BCUT2D eigenvalue weighted by Crippen LogP contribution is -2.37. The van der Waals surface area contributed by atoms with E-state index in [4.69, 9.17) is 12.2 Å². The third-order valence-corrected chi connectivity index (χ3v) is 6.84. The number of hydrogen-bond donors (Lipinski definition) is 0. The Kier molecular flexibility index (Phi) is 5.08. The summed E-state index contributed by atoms with van der Waals surface area (Å²) >= 11 is 5.44. The molecule has 2 aromatic rings. The van der Waals surface area contributed by atoms with E-state index in [0.717, 1.165) is 0 Å². The van der Waals surface area contributed by atoms with Crippen LogP contribution in [0.25, 0.3) is 11.4 Å². The molecule has 0 unspecified atom stereocenters. The van der Waals surface area contributed by atoms with Gasteiger partial charge >= 0.3 is 0 Å². The van der Waals surface area contributed by atoms with Gasteiger partial charge in [0.05, 0.1) is 23.7 Å². The molecule has 1 aliphatic rings. The van der Waals surface area contributed by atoms with Gasteiger partial charge in [0, 0.05) is 13.1 Å². The fourth-order valence-corrected chi connectivity index (χ4v) is 5.11. The average molecular weight is 385 g/mol. The summed E-state index contributed by atoms with van der Waals surface area (Å²) in [5.41, 5.74) is 0.390. The molecule has 0 N–H and O–H groups in total. The molecule has 1 aliphatic heterocycles. The Balaban J connectivity index is 1.90. The monoisotopic (exact) mass is 384 g/mol. The number of rotatable bonds is 5. The molecule has 1 aromatic heterocycles. The van der Waals surface area contributed by atoms with Crippen molar-refractivity contribution in [2.75, 3.05) is 18.1 Å². The van der Waals surface area contributed by atoms with Crippen LogP contribution in [0.5, 0.6) is 0 Å². The largest absolute Gasteiger partial charge is 0.303 e. The molecule has 0 aliphatic carbocycles. The highest BCUT2D eigenvalue weighted by Gasteiger charge is 2.32. The van der Waals surface area contributed by atoms with Gasteiger partial charge in [0.25, 0.3) is 0 Å². The van der Waals surface area contributed by atoms with E-state index in [2.05, 4.69) is 10.00 Å². The molecule has 6 nitrogen and oxygen atoms in total. The Bertz CT molecular complexity index is 936. The van der Waals surface area contributed by atoms with Crippen molar-refractivity contribution in [1.29, 1.82) is 0 Å². The molecule has 1 aromatic carbocycles. The van der Waals surface area contributed by atoms with Crippen LogP contribution < -0.4 is 0 Å². The van der Waals surface area contributed by atoms with Gasteiger partial charge in [0.15, 0.2) is 20.4 Å². The first-order valence-corrected chi connectivity index (χ1v) is 10.4. The standard InChI is InChI=1S/C16H21FN4O2S2/c1-3-20(12-8-9-25(22,23)10-12)11-21-16(24)19(2)15(18-21)13-6-4-5-7-14(13)17/h4-7,12H,3,8-11H2,1-2H3/t12-/m0/s1. The van der Waals surface area contributed by atoms with Crippen LogP contribution in [0, 0.1) is 10.6 Å². The predicted molar refractivity (Wildman–Crippen MR) is 96.9 cm³/mol. The van der Waals surface area contributed by atoms with Crippen LogP contribution >= 0.6 is 12.2 Å². The normalized spacial score (nSPS) is 19.6. The van der Waals surface area contributed by atoms with Crippen LogP contribution in [0.1, 0.15) is 13.3 Å². The molecule has 9 heteroatoms. The Hall–Kier alpha value is -1.58. The number of hydrogen-bond acceptors (Lipinski definition) is 5. The van der Waals surface area contributed by atoms with E-state index in [-0.39, 0.29) is 23.4 Å². The molecule has 1 atom stereocenters. The minimum absolute atomic E-state index is 0.0317. The molecule has 25 heavy (non-hydrogen) atoms. The molecular formula is C16H21FN4O2S2. The second-order valence-electron chi connectivity index (χ2n) is 6.25. The topological polar surface area (TPSA) is 60.1 Å². The molecule has 0 amide bonds. The Labute approximate surface area is 151 Å². The van der Waals surface area contributed by atoms with E-state index < -0.39 is 9.84 Å². The molecule has 1 saturated heterocycles. The van der Waals surface area contributed by atoms with Crippen molar-refractivity contribution in [1.82, 2.24) is 19.2 Å². The maximum atomic E-state index is 14.1. The third kappa shape index (κ3) is 3.68. The van der Waals surface area contributed by atoms with Gasteiger partial charge in [-0.05, 0) is 37.3 Å². The molecule has 1 fully saturated rings. The van der Waals surface area contributed by atoms with E-state index in [1.807, 2.05) is 6.92 Å². The second kappa shape index (κ2) is 6.97. The van der Waals surface area contributed by atoms with Gasteiger partial charge < -0.3 is 4.57 Å². The van der Waals surface area contributed by atoms with Crippen molar-refractivity contribution in [3.63, 3.8) is 0 Å². The zero-order valence-corrected chi connectivity index (χ0v) is 15.9. The number of benzene rings is 1. The fourth-order valence-electron chi connectivity index (χ4n) is 3.17. The third-order valence-electron chi connectivity index (χ3n) is 4.60. The predicted octanol–water partition coefficient (Wildman–Crippen LogP) is 2.22. The van der Waals surface area contributed by atoms with Crippen molar-refractivity contribution in [3.05, 3.63) is 34.9 Å². The van der Waals surface area contributed by atoms with Crippen LogP contribution in [-0.4, -0.2) is 51.8 Å². The van der Waals surface area contributed by atoms with Gasteiger partial charge in [-0.25, -0.2) is 17.5 Å². The fraction of sp³-hybridized carbons (Fsp3) is 0.500. The van der Waals surface area contributed by atoms with E-state index in [1.54, 1.807) is 34.5 Å². The maximum absolute atomic E-state index is 14.1. The zero-order chi connectivity index (χ0) is 18.2. The molecule has 136 valence electrons. The summed E-state index contributed by atoms with van der Waals surface area (Å²) in [6.45, 7) is 3.06. The summed E-state index contributed by atoms with van der Waals surface area (Å²) in [6, 6.07) is 6.40.